The minimum Gasteiger partial charge on any atom is -0.481 e. The fourth-order valence-corrected chi connectivity index (χ4v) is 4.13. The van der Waals surface area contributed by atoms with Crippen molar-refractivity contribution in [3.63, 3.8) is 0 Å². The lowest BCUT2D eigenvalue weighted by Crippen LogP contribution is -2.41. The fraction of sp³-hybridized carbons (Fsp3) is 0.353. The lowest BCUT2D eigenvalue weighted by atomic mass is 10.0. The standard InChI is InChI=1S/C17H20ClNO4S2/c1-17(2,3)25(22,23)19-13(10-16(20)21)11-5-4-6-12(9-11)14-7-8-15(18)24-14/h4-9,13,19H,10H2,1-3H3,(H,20,21)/t13-/m1/s1. The molecule has 0 unspecified atom stereocenters. The van der Waals surface area contributed by atoms with Crippen LogP contribution in [0, 0.1) is 0 Å². The van der Waals surface area contributed by atoms with Crippen LogP contribution in [0.5, 0.6) is 0 Å². The second-order valence-electron chi connectivity index (χ2n) is 6.61. The summed E-state index contributed by atoms with van der Waals surface area (Å²) in [5, 5.41) is 9.18. The van der Waals surface area contributed by atoms with E-state index in [2.05, 4.69) is 4.72 Å². The molecule has 0 fully saturated rings. The van der Waals surface area contributed by atoms with E-state index < -0.39 is 26.8 Å². The molecule has 0 aliphatic rings. The van der Waals surface area contributed by atoms with E-state index in [1.54, 1.807) is 45.0 Å². The molecule has 2 aromatic rings. The van der Waals surface area contributed by atoms with Crippen LogP contribution in [0.1, 0.15) is 38.8 Å². The minimum absolute atomic E-state index is 0.343. The minimum atomic E-state index is -3.70. The van der Waals surface area contributed by atoms with Crippen molar-refractivity contribution in [1.29, 1.82) is 0 Å². The van der Waals surface area contributed by atoms with Gasteiger partial charge in [0.2, 0.25) is 10.0 Å². The first-order valence-electron chi connectivity index (χ1n) is 7.59. The third-order valence-electron chi connectivity index (χ3n) is 3.63. The Morgan fingerprint density at radius 1 is 1.28 bits per heavy atom. The van der Waals surface area contributed by atoms with Crippen LogP contribution < -0.4 is 4.72 Å². The van der Waals surface area contributed by atoms with Crippen molar-refractivity contribution in [2.24, 2.45) is 0 Å². The highest BCUT2D eigenvalue weighted by Crippen LogP contribution is 2.33. The molecule has 0 aliphatic heterocycles. The predicted molar refractivity (Wildman–Crippen MR) is 102 cm³/mol. The zero-order valence-corrected chi connectivity index (χ0v) is 16.5. The van der Waals surface area contributed by atoms with Crippen LogP contribution in [0.3, 0.4) is 0 Å². The van der Waals surface area contributed by atoms with Crippen LogP contribution in [0.15, 0.2) is 36.4 Å². The lowest BCUT2D eigenvalue weighted by Gasteiger charge is -2.25. The SMILES string of the molecule is CC(C)(C)S(=O)(=O)N[C@H](CC(=O)O)c1cccc(-c2ccc(Cl)s2)c1. The van der Waals surface area contributed by atoms with Gasteiger partial charge in [-0.2, -0.15) is 0 Å². The molecule has 1 aromatic carbocycles. The van der Waals surface area contributed by atoms with Crippen molar-refractivity contribution in [2.75, 3.05) is 0 Å². The Balaban J connectivity index is 2.40. The topological polar surface area (TPSA) is 83.5 Å². The maximum absolute atomic E-state index is 12.5. The summed E-state index contributed by atoms with van der Waals surface area (Å²) in [7, 11) is -3.70. The van der Waals surface area contributed by atoms with Crippen molar-refractivity contribution in [3.05, 3.63) is 46.3 Å². The van der Waals surface area contributed by atoms with Crippen molar-refractivity contribution < 1.29 is 18.3 Å². The van der Waals surface area contributed by atoms with Gasteiger partial charge in [0.15, 0.2) is 0 Å². The van der Waals surface area contributed by atoms with Gasteiger partial charge in [-0.25, -0.2) is 13.1 Å². The maximum atomic E-state index is 12.5. The molecule has 1 atom stereocenters. The molecule has 0 bridgehead atoms. The summed E-state index contributed by atoms with van der Waals surface area (Å²) < 4.78 is 27.1. The Labute approximate surface area is 156 Å². The molecule has 0 saturated heterocycles. The monoisotopic (exact) mass is 401 g/mol. The van der Waals surface area contributed by atoms with Gasteiger partial charge in [0.25, 0.3) is 0 Å². The number of aliphatic carboxylic acids is 1. The van der Waals surface area contributed by atoms with Crippen LogP contribution in [0.4, 0.5) is 0 Å². The second kappa shape index (κ2) is 7.45. The normalized spacial score (nSPS) is 13.6. The van der Waals surface area contributed by atoms with Gasteiger partial charge in [-0.3, -0.25) is 4.79 Å². The quantitative estimate of drug-likeness (QED) is 0.755. The summed E-state index contributed by atoms with van der Waals surface area (Å²) in [5.74, 6) is -1.08. The fourth-order valence-electron chi connectivity index (χ4n) is 2.14. The molecule has 0 amide bonds. The van der Waals surface area contributed by atoms with Gasteiger partial charge < -0.3 is 5.11 Å². The molecule has 0 spiro atoms. The van der Waals surface area contributed by atoms with Crippen LogP contribution in [0.25, 0.3) is 10.4 Å². The maximum Gasteiger partial charge on any atom is 0.305 e. The molecule has 5 nitrogen and oxygen atoms in total. The van der Waals surface area contributed by atoms with Crippen molar-refractivity contribution >= 4 is 38.9 Å². The number of halogens is 1. The smallest absolute Gasteiger partial charge is 0.305 e. The molecular weight excluding hydrogens is 382 g/mol. The van der Waals surface area contributed by atoms with Crippen LogP contribution in [0.2, 0.25) is 4.34 Å². The Hall–Kier alpha value is -1.41. The highest BCUT2D eigenvalue weighted by atomic mass is 35.5. The van der Waals surface area contributed by atoms with Gasteiger partial charge in [0.1, 0.15) is 0 Å². The van der Waals surface area contributed by atoms with Gasteiger partial charge in [-0.05, 0) is 50.1 Å². The summed E-state index contributed by atoms with van der Waals surface area (Å²) in [6.07, 6.45) is -0.343. The summed E-state index contributed by atoms with van der Waals surface area (Å²) in [6, 6.07) is 9.97. The van der Waals surface area contributed by atoms with Gasteiger partial charge >= 0.3 is 5.97 Å². The number of carbonyl (C=O) groups is 1. The molecule has 0 aliphatic carbocycles. The number of thiophene rings is 1. The van der Waals surface area contributed by atoms with Crippen LogP contribution >= 0.6 is 22.9 Å². The number of sulfonamides is 1. The highest BCUT2D eigenvalue weighted by Gasteiger charge is 2.32. The van der Waals surface area contributed by atoms with E-state index in [1.165, 1.54) is 11.3 Å². The van der Waals surface area contributed by atoms with E-state index in [1.807, 2.05) is 12.1 Å². The van der Waals surface area contributed by atoms with Gasteiger partial charge in [0, 0.05) is 4.88 Å². The molecule has 0 saturated carbocycles. The summed E-state index contributed by atoms with van der Waals surface area (Å²) in [6.45, 7) is 4.70. The van der Waals surface area contributed by atoms with Crippen molar-refractivity contribution in [2.45, 2.75) is 38.0 Å². The van der Waals surface area contributed by atoms with E-state index in [0.29, 0.717) is 9.90 Å². The average molecular weight is 402 g/mol. The molecule has 25 heavy (non-hydrogen) atoms. The Morgan fingerprint density at radius 3 is 2.48 bits per heavy atom. The Morgan fingerprint density at radius 2 is 1.96 bits per heavy atom. The first-order valence-corrected chi connectivity index (χ1v) is 10.3. The van der Waals surface area contributed by atoms with Crippen LogP contribution in [-0.4, -0.2) is 24.2 Å². The number of hydrogen-bond acceptors (Lipinski definition) is 4. The molecule has 0 radical (unpaired) electrons. The molecule has 136 valence electrons. The number of nitrogens with one attached hydrogen (secondary N) is 1. The van der Waals surface area contributed by atoms with Gasteiger partial charge in [-0.1, -0.05) is 29.8 Å². The highest BCUT2D eigenvalue weighted by molar-refractivity contribution is 7.90. The average Bonchev–Trinajstić information content (AvgIpc) is 2.91. The molecule has 1 heterocycles. The van der Waals surface area contributed by atoms with E-state index >= 15 is 0 Å². The first-order chi connectivity index (χ1) is 11.5. The van der Waals surface area contributed by atoms with E-state index in [0.717, 1.165) is 10.4 Å². The largest absolute Gasteiger partial charge is 0.481 e. The lowest BCUT2D eigenvalue weighted by molar-refractivity contribution is -0.137. The van der Waals surface area contributed by atoms with Crippen molar-refractivity contribution in [3.8, 4) is 10.4 Å². The number of hydrogen-bond donors (Lipinski definition) is 2. The summed E-state index contributed by atoms with van der Waals surface area (Å²) >= 11 is 7.37. The number of rotatable bonds is 6. The summed E-state index contributed by atoms with van der Waals surface area (Å²) in [5.41, 5.74) is 1.46. The Bertz CT molecular complexity index is 869. The van der Waals surface area contributed by atoms with Crippen LogP contribution in [-0.2, 0) is 14.8 Å². The molecule has 2 N–H and O–H groups in total. The van der Waals surface area contributed by atoms with Crippen molar-refractivity contribution in [1.82, 2.24) is 4.72 Å². The van der Waals surface area contributed by atoms with Gasteiger partial charge in [-0.15, -0.1) is 11.3 Å². The number of benzene rings is 1. The third-order valence-corrected chi connectivity index (χ3v) is 7.12. The van der Waals surface area contributed by atoms with Gasteiger partial charge in [0.05, 0.1) is 21.5 Å². The molecule has 2 rings (SSSR count). The van der Waals surface area contributed by atoms with E-state index in [-0.39, 0.29) is 6.42 Å². The predicted octanol–water partition coefficient (Wildman–Crippen LogP) is 4.30. The van der Waals surface area contributed by atoms with E-state index in [9.17, 15) is 18.3 Å². The second-order valence-corrected chi connectivity index (χ2v) is 10.8. The molecular formula is C17H20ClNO4S2. The first kappa shape index (κ1) is 19.9. The van der Waals surface area contributed by atoms with E-state index in [4.69, 9.17) is 11.6 Å². The molecule has 8 heteroatoms. The summed E-state index contributed by atoms with van der Waals surface area (Å²) in [4.78, 5) is 12.2. The number of carboxylic acid groups (broad SMARTS) is 1. The zero-order valence-electron chi connectivity index (χ0n) is 14.1. The Kier molecular flexibility index (Phi) is 5.93. The molecule has 1 aromatic heterocycles. The number of carboxylic acids is 1. The third kappa shape index (κ3) is 5.04. The zero-order chi connectivity index (χ0) is 18.8.